The molecule has 1 aliphatic heterocycles. The lowest BCUT2D eigenvalue weighted by atomic mass is 10.3. The Morgan fingerprint density at radius 2 is 2.10 bits per heavy atom. The number of sulfonamides is 1. The fourth-order valence-corrected chi connectivity index (χ4v) is 3.46. The summed E-state index contributed by atoms with van der Waals surface area (Å²) < 4.78 is 32.3. The zero-order valence-electron chi connectivity index (χ0n) is 11.4. The van der Waals surface area contributed by atoms with E-state index in [-0.39, 0.29) is 24.2 Å². The Balaban J connectivity index is 2.01. The first kappa shape index (κ1) is 15.2. The standard InChI is InChI=1S/C13H20N2O4S/c1-15-7-6-11(10-15)14-20(17,18)13-4-2-12(3-5-13)19-9-8-16/h2-5,11,14,16H,6-10H2,1H3. The zero-order valence-corrected chi connectivity index (χ0v) is 12.3. The molecule has 0 amide bonds. The van der Waals surface area contributed by atoms with E-state index in [4.69, 9.17) is 9.84 Å². The Morgan fingerprint density at radius 3 is 2.65 bits per heavy atom. The van der Waals surface area contributed by atoms with Gasteiger partial charge in [0, 0.05) is 12.6 Å². The van der Waals surface area contributed by atoms with Gasteiger partial charge in [0.05, 0.1) is 11.5 Å². The minimum absolute atomic E-state index is 0.0321. The molecule has 6 nitrogen and oxygen atoms in total. The maximum Gasteiger partial charge on any atom is 0.240 e. The third-order valence-electron chi connectivity index (χ3n) is 3.21. The summed E-state index contributed by atoms with van der Waals surface area (Å²) in [7, 11) is -1.51. The van der Waals surface area contributed by atoms with Crippen LogP contribution in [0.5, 0.6) is 5.75 Å². The molecule has 0 bridgehead atoms. The number of rotatable bonds is 6. The molecule has 1 atom stereocenters. The van der Waals surface area contributed by atoms with Crippen molar-refractivity contribution < 1.29 is 18.3 Å². The number of aliphatic hydroxyl groups is 1. The second-order valence-electron chi connectivity index (χ2n) is 4.91. The molecular weight excluding hydrogens is 280 g/mol. The molecule has 2 rings (SSSR count). The fourth-order valence-electron chi connectivity index (χ4n) is 2.20. The SMILES string of the molecule is CN1CCC(NS(=O)(=O)c2ccc(OCCO)cc2)C1. The minimum Gasteiger partial charge on any atom is -0.491 e. The van der Waals surface area contributed by atoms with Crippen LogP contribution in [0.1, 0.15) is 6.42 Å². The number of likely N-dealkylation sites (tertiary alicyclic amines) is 1. The van der Waals surface area contributed by atoms with Crippen LogP contribution in [0.2, 0.25) is 0 Å². The fraction of sp³-hybridized carbons (Fsp3) is 0.538. The molecule has 1 heterocycles. The molecule has 1 fully saturated rings. The average molecular weight is 300 g/mol. The Bertz CT molecular complexity index is 530. The van der Waals surface area contributed by atoms with Gasteiger partial charge in [0.15, 0.2) is 0 Å². The molecule has 1 saturated heterocycles. The molecular formula is C13H20N2O4S. The molecule has 20 heavy (non-hydrogen) atoms. The van der Waals surface area contributed by atoms with E-state index in [2.05, 4.69) is 9.62 Å². The number of ether oxygens (including phenoxy) is 1. The second kappa shape index (κ2) is 6.53. The maximum absolute atomic E-state index is 12.2. The van der Waals surface area contributed by atoms with Crippen LogP contribution in [0.3, 0.4) is 0 Å². The van der Waals surface area contributed by atoms with Crippen LogP contribution in [0.15, 0.2) is 29.2 Å². The van der Waals surface area contributed by atoms with Crippen LogP contribution < -0.4 is 9.46 Å². The number of aliphatic hydroxyl groups excluding tert-OH is 1. The van der Waals surface area contributed by atoms with Crippen molar-refractivity contribution >= 4 is 10.0 Å². The van der Waals surface area contributed by atoms with Gasteiger partial charge in [-0.25, -0.2) is 13.1 Å². The van der Waals surface area contributed by atoms with E-state index in [9.17, 15) is 8.42 Å². The Labute approximate surface area is 119 Å². The van der Waals surface area contributed by atoms with Crippen LogP contribution in [0, 0.1) is 0 Å². The van der Waals surface area contributed by atoms with E-state index in [0.29, 0.717) is 5.75 Å². The minimum atomic E-state index is -3.49. The summed E-state index contributed by atoms with van der Waals surface area (Å²) in [6, 6.07) is 6.16. The van der Waals surface area contributed by atoms with Crippen molar-refractivity contribution in [3.05, 3.63) is 24.3 Å². The lowest BCUT2D eigenvalue weighted by molar-refractivity contribution is 0.201. The van der Waals surface area contributed by atoms with E-state index >= 15 is 0 Å². The van der Waals surface area contributed by atoms with Gasteiger partial charge in [-0.15, -0.1) is 0 Å². The smallest absolute Gasteiger partial charge is 0.240 e. The monoisotopic (exact) mass is 300 g/mol. The van der Waals surface area contributed by atoms with Gasteiger partial charge in [-0.1, -0.05) is 0 Å². The molecule has 2 N–H and O–H groups in total. The lowest BCUT2D eigenvalue weighted by Crippen LogP contribution is -2.36. The molecule has 0 spiro atoms. The second-order valence-corrected chi connectivity index (χ2v) is 6.63. The molecule has 112 valence electrons. The van der Waals surface area contributed by atoms with Crippen LogP contribution in [-0.4, -0.2) is 57.8 Å². The topological polar surface area (TPSA) is 78.9 Å². The average Bonchev–Trinajstić information content (AvgIpc) is 2.81. The summed E-state index contributed by atoms with van der Waals surface area (Å²) in [6.07, 6.45) is 0.827. The van der Waals surface area contributed by atoms with Gasteiger partial charge in [0.25, 0.3) is 0 Å². The van der Waals surface area contributed by atoms with Gasteiger partial charge >= 0.3 is 0 Å². The molecule has 7 heteroatoms. The van der Waals surface area contributed by atoms with Gasteiger partial charge in [-0.2, -0.15) is 0 Å². The van der Waals surface area contributed by atoms with Crippen LogP contribution in [-0.2, 0) is 10.0 Å². The van der Waals surface area contributed by atoms with Crippen molar-refractivity contribution in [3.8, 4) is 5.75 Å². The van der Waals surface area contributed by atoms with E-state index in [1.54, 1.807) is 12.1 Å². The summed E-state index contributed by atoms with van der Waals surface area (Å²) in [5, 5.41) is 8.66. The van der Waals surface area contributed by atoms with Gasteiger partial charge in [-0.05, 0) is 44.3 Å². The predicted octanol–water partition coefficient (Wildman–Crippen LogP) is 0.0401. The van der Waals surface area contributed by atoms with Crippen LogP contribution in [0.25, 0.3) is 0 Å². The number of nitrogens with zero attached hydrogens (tertiary/aromatic N) is 1. The van der Waals surface area contributed by atoms with Gasteiger partial charge in [-0.3, -0.25) is 0 Å². The quantitative estimate of drug-likeness (QED) is 0.775. The van der Waals surface area contributed by atoms with E-state index in [0.717, 1.165) is 19.5 Å². The summed E-state index contributed by atoms with van der Waals surface area (Å²) in [4.78, 5) is 2.32. The lowest BCUT2D eigenvalue weighted by Gasteiger charge is -2.13. The van der Waals surface area contributed by atoms with Gasteiger partial charge in [0.1, 0.15) is 12.4 Å². The third-order valence-corrected chi connectivity index (χ3v) is 4.74. The van der Waals surface area contributed by atoms with Gasteiger partial charge in [0.2, 0.25) is 10.0 Å². The van der Waals surface area contributed by atoms with Crippen molar-refractivity contribution in [1.29, 1.82) is 0 Å². The Morgan fingerprint density at radius 1 is 1.40 bits per heavy atom. The molecule has 1 aliphatic rings. The van der Waals surface area contributed by atoms with Crippen molar-refractivity contribution in [2.24, 2.45) is 0 Å². The normalized spacial score (nSPS) is 20.2. The van der Waals surface area contributed by atoms with Crippen molar-refractivity contribution in [1.82, 2.24) is 9.62 Å². The highest BCUT2D eigenvalue weighted by molar-refractivity contribution is 7.89. The highest BCUT2D eigenvalue weighted by Crippen LogP contribution is 2.17. The van der Waals surface area contributed by atoms with Crippen LogP contribution in [0.4, 0.5) is 0 Å². The van der Waals surface area contributed by atoms with Crippen molar-refractivity contribution in [2.45, 2.75) is 17.4 Å². The number of nitrogens with one attached hydrogen (secondary N) is 1. The first-order valence-electron chi connectivity index (χ1n) is 6.56. The van der Waals surface area contributed by atoms with Crippen molar-refractivity contribution in [2.75, 3.05) is 33.4 Å². The Kier molecular flexibility index (Phi) is 4.98. The summed E-state index contributed by atoms with van der Waals surface area (Å²) in [5.41, 5.74) is 0. The highest BCUT2D eigenvalue weighted by Gasteiger charge is 2.25. The number of hydrogen-bond acceptors (Lipinski definition) is 5. The molecule has 1 unspecified atom stereocenters. The predicted molar refractivity (Wildman–Crippen MR) is 75.2 cm³/mol. The first-order chi connectivity index (χ1) is 9.51. The summed E-state index contributed by atoms with van der Waals surface area (Å²) >= 11 is 0. The van der Waals surface area contributed by atoms with Crippen LogP contribution >= 0.6 is 0 Å². The van der Waals surface area contributed by atoms with Gasteiger partial charge < -0.3 is 14.7 Å². The highest BCUT2D eigenvalue weighted by atomic mass is 32.2. The molecule has 0 aromatic heterocycles. The molecule has 0 radical (unpaired) electrons. The van der Waals surface area contributed by atoms with E-state index in [1.807, 2.05) is 7.05 Å². The largest absolute Gasteiger partial charge is 0.491 e. The number of benzene rings is 1. The number of likely N-dealkylation sites (N-methyl/N-ethyl adjacent to an activating group) is 1. The van der Waals surface area contributed by atoms with Crippen molar-refractivity contribution in [3.63, 3.8) is 0 Å². The van der Waals surface area contributed by atoms with E-state index < -0.39 is 10.0 Å². The molecule has 1 aromatic rings. The zero-order chi connectivity index (χ0) is 14.6. The number of hydrogen-bond donors (Lipinski definition) is 2. The summed E-state index contributed by atoms with van der Waals surface area (Å²) in [5.74, 6) is 0.540. The molecule has 1 aromatic carbocycles. The summed E-state index contributed by atoms with van der Waals surface area (Å²) in [6.45, 7) is 1.76. The molecule has 0 saturated carbocycles. The molecule has 0 aliphatic carbocycles. The first-order valence-corrected chi connectivity index (χ1v) is 8.04. The van der Waals surface area contributed by atoms with E-state index in [1.165, 1.54) is 12.1 Å². The maximum atomic E-state index is 12.2. The third kappa shape index (κ3) is 3.92. The Hall–Kier alpha value is -1.15.